The van der Waals surface area contributed by atoms with Gasteiger partial charge >= 0.3 is 0 Å². The molecule has 5 heteroatoms. The second-order valence-electron chi connectivity index (χ2n) is 5.99. The predicted molar refractivity (Wildman–Crippen MR) is 80.0 cm³/mol. The molecule has 0 bridgehead atoms. The van der Waals surface area contributed by atoms with Gasteiger partial charge in [-0.25, -0.2) is 0 Å². The number of rotatable bonds is 6. The summed E-state index contributed by atoms with van der Waals surface area (Å²) in [6, 6.07) is 0.102. The molecular weight excluding hydrogens is 254 g/mol. The number of nitrogens with one attached hydrogen (secondary N) is 1. The van der Waals surface area contributed by atoms with E-state index in [0.29, 0.717) is 13.1 Å². The van der Waals surface area contributed by atoms with Crippen molar-refractivity contribution in [3.63, 3.8) is 0 Å². The summed E-state index contributed by atoms with van der Waals surface area (Å²) in [4.78, 5) is 26.1. The number of piperidine rings is 1. The highest BCUT2D eigenvalue weighted by molar-refractivity contribution is 5.82. The van der Waals surface area contributed by atoms with E-state index < -0.39 is 0 Å². The standard InChI is InChI=1S/C15H29N3O2/c1-4-11(2)15(20)18-9-5-6-13(10-18)14(19)17-8-7-12(3)16/h11-13H,4-10,16H2,1-3H3,(H,17,19). The van der Waals surface area contributed by atoms with E-state index in [0.717, 1.165) is 32.2 Å². The maximum atomic E-state index is 12.2. The van der Waals surface area contributed by atoms with Gasteiger partial charge in [0.05, 0.1) is 5.92 Å². The monoisotopic (exact) mass is 283 g/mol. The fourth-order valence-electron chi connectivity index (χ4n) is 2.44. The fraction of sp³-hybridized carbons (Fsp3) is 0.867. The van der Waals surface area contributed by atoms with Crippen molar-refractivity contribution in [2.24, 2.45) is 17.6 Å². The lowest BCUT2D eigenvalue weighted by Gasteiger charge is -2.33. The van der Waals surface area contributed by atoms with Crippen LogP contribution in [0.5, 0.6) is 0 Å². The van der Waals surface area contributed by atoms with Gasteiger partial charge in [0.25, 0.3) is 0 Å². The van der Waals surface area contributed by atoms with Gasteiger partial charge in [-0.1, -0.05) is 13.8 Å². The average Bonchev–Trinajstić information content (AvgIpc) is 2.45. The third-order valence-electron chi connectivity index (χ3n) is 4.04. The van der Waals surface area contributed by atoms with Crippen molar-refractivity contribution in [3.8, 4) is 0 Å². The first-order chi connectivity index (χ1) is 9.45. The number of hydrogen-bond donors (Lipinski definition) is 2. The van der Waals surface area contributed by atoms with Crippen molar-refractivity contribution in [1.82, 2.24) is 10.2 Å². The van der Waals surface area contributed by atoms with E-state index in [9.17, 15) is 9.59 Å². The van der Waals surface area contributed by atoms with Gasteiger partial charge in [0.1, 0.15) is 0 Å². The first-order valence-electron chi connectivity index (χ1n) is 7.77. The second kappa shape index (κ2) is 8.25. The number of hydrogen-bond acceptors (Lipinski definition) is 3. The molecule has 0 aromatic heterocycles. The Hall–Kier alpha value is -1.10. The molecule has 3 N–H and O–H groups in total. The predicted octanol–water partition coefficient (Wildman–Crippen LogP) is 1.12. The summed E-state index contributed by atoms with van der Waals surface area (Å²) < 4.78 is 0. The van der Waals surface area contributed by atoms with Gasteiger partial charge in [-0.15, -0.1) is 0 Å². The Morgan fingerprint density at radius 2 is 2.10 bits per heavy atom. The first-order valence-corrected chi connectivity index (χ1v) is 7.77. The number of nitrogens with two attached hydrogens (primary N) is 1. The van der Waals surface area contributed by atoms with Crippen LogP contribution in [0.1, 0.15) is 46.5 Å². The zero-order chi connectivity index (χ0) is 15.1. The molecule has 1 fully saturated rings. The molecule has 2 amide bonds. The van der Waals surface area contributed by atoms with Crippen molar-refractivity contribution in [1.29, 1.82) is 0 Å². The van der Waals surface area contributed by atoms with E-state index >= 15 is 0 Å². The van der Waals surface area contributed by atoms with Crippen LogP contribution in [-0.2, 0) is 9.59 Å². The maximum absolute atomic E-state index is 12.2. The average molecular weight is 283 g/mol. The minimum Gasteiger partial charge on any atom is -0.356 e. The molecule has 3 atom stereocenters. The Morgan fingerprint density at radius 1 is 1.40 bits per heavy atom. The minimum atomic E-state index is -0.0650. The second-order valence-corrected chi connectivity index (χ2v) is 5.99. The normalized spacial score (nSPS) is 22.2. The number of carbonyl (C=O) groups is 2. The van der Waals surface area contributed by atoms with Crippen molar-refractivity contribution in [3.05, 3.63) is 0 Å². The number of carbonyl (C=O) groups excluding carboxylic acids is 2. The van der Waals surface area contributed by atoms with Crippen LogP contribution in [0.15, 0.2) is 0 Å². The van der Waals surface area contributed by atoms with Crippen LogP contribution >= 0.6 is 0 Å². The third kappa shape index (κ3) is 5.12. The highest BCUT2D eigenvalue weighted by Crippen LogP contribution is 2.19. The zero-order valence-electron chi connectivity index (χ0n) is 13.0. The fourth-order valence-corrected chi connectivity index (χ4v) is 2.44. The van der Waals surface area contributed by atoms with E-state index in [4.69, 9.17) is 5.73 Å². The Kier molecular flexibility index (Phi) is 6.99. The zero-order valence-corrected chi connectivity index (χ0v) is 13.0. The molecule has 1 aliphatic rings. The van der Waals surface area contributed by atoms with Gasteiger partial charge in [0, 0.05) is 31.6 Å². The van der Waals surface area contributed by atoms with Gasteiger partial charge in [0.15, 0.2) is 0 Å². The summed E-state index contributed by atoms with van der Waals surface area (Å²) in [5.74, 6) is 0.229. The molecule has 1 saturated heterocycles. The molecule has 0 radical (unpaired) electrons. The van der Waals surface area contributed by atoms with E-state index in [1.807, 2.05) is 25.7 Å². The van der Waals surface area contributed by atoms with E-state index in [1.165, 1.54) is 0 Å². The van der Waals surface area contributed by atoms with Crippen molar-refractivity contribution < 1.29 is 9.59 Å². The molecule has 0 aromatic rings. The van der Waals surface area contributed by atoms with Crippen LogP contribution in [-0.4, -0.2) is 42.4 Å². The summed E-state index contributed by atoms with van der Waals surface area (Å²) >= 11 is 0. The lowest BCUT2D eigenvalue weighted by Crippen LogP contribution is -2.47. The summed E-state index contributed by atoms with van der Waals surface area (Å²) in [5.41, 5.74) is 5.66. The van der Waals surface area contributed by atoms with Crippen LogP contribution in [0.2, 0.25) is 0 Å². The molecule has 1 heterocycles. The number of amides is 2. The van der Waals surface area contributed by atoms with Gasteiger partial charge in [0.2, 0.25) is 11.8 Å². The van der Waals surface area contributed by atoms with Crippen LogP contribution in [0.4, 0.5) is 0 Å². The third-order valence-corrected chi connectivity index (χ3v) is 4.04. The Morgan fingerprint density at radius 3 is 2.70 bits per heavy atom. The number of nitrogens with zero attached hydrogens (tertiary/aromatic N) is 1. The molecule has 5 nitrogen and oxygen atoms in total. The number of likely N-dealkylation sites (tertiary alicyclic amines) is 1. The lowest BCUT2D eigenvalue weighted by molar-refractivity contribution is -0.138. The maximum Gasteiger partial charge on any atom is 0.225 e. The van der Waals surface area contributed by atoms with Gasteiger partial charge in [-0.05, 0) is 32.6 Å². The summed E-state index contributed by atoms with van der Waals surface area (Å²) in [6.07, 6.45) is 3.41. The molecule has 116 valence electrons. The Bertz CT molecular complexity index is 331. The van der Waals surface area contributed by atoms with E-state index in [-0.39, 0.29) is 29.7 Å². The van der Waals surface area contributed by atoms with Crippen LogP contribution in [0.3, 0.4) is 0 Å². The van der Waals surface area contributed by atoms with Crippen molar-refractivity contribution in [2.45, 2.75) is 52.5 Å². The largest absolute Gasteiger partial charge is 0.356 e. The van der Waals surface area contributed by atoms with Gasteiger partial charge in [-0.2, -0.15) is 0 Å². The first kappa shape index (κ1) is 17.0. The summed E-state index contributed by atoms with van der Waals surface area (Å²) in [7, 11) is 0. The van der Waals surface area contributed by atoms with Crippen LogP contribution in [0, 0.1) is 11.8 Å². The molecule has 0 aliphatic carbocycles. The molecule has 0 aromatic carbocycles. The van der Waals surface area contributed by atoms with Gasteiger partial charge in [-0.3, -0.25) is 9.59 Å². The Labute approximate surface area is 122 Å². The van der Waals surface area contributed by atoms with Crippen molar-refractivity contribution >= 4 is 11.8 Å². The Balaban J connectivity index is 2.43. The molecule has 0 saturated carbocycles. The molecule has 1 rings (SSSR count). The topological polar surface area (TPSA) is 75.4 Å². The highest BCUT2D eigenvalue weighted by Gasteiger charge is 2.29. The van der Waals surface area contributed by atoms with Crippen LogP contribution in [0.25, 0.3) is 0 Å². The smallest absolute Gasteiger partial charge is 0.225 e. The quantitative estimate of drug-likeness (QED) is 0.767. The van der Waals surface area contributed by atoms with E-state index in [2.05, 4.69) is 5.32 Å². The molecule has 0 spiro atoms. The molecule has 20 heavy (non-hydrogen) atoms. The molecule has 1 aliphatic heterocycles. The molecule has 3 unspecified atom stereocenters. The SMILES string of the molecule is CCC(C)C(=O)N1CCCC(C(=O)NCCC(C)N)C1. The lowest BCUT2D eigenvalue weighted by atomic mass is 9.95. The minimum absolute atomic E-state index is 0.0508. The van der Waals surface area contributed by atoms with Crippen LogP contribution < -0.4 is 11.1 Å². The summed E-state index contributed by atoms with van der Waals surface area (Å²) in [5, 5.41) is 2.93. The van der Waals surface area contributed by atoms with Gasteiger partial charge < -0.3 is 16.0 Å². The highest BCUT2D eigenvalue weighted by atomic mass is 16.2. The summed E-state index contributed by atoms with van der Waals surface area (Å²) in [6.45, 7) is 7.87. The van der Waals surface area contributed by atoms with E-state index in [1.54, 1.807) is 0 Å². The van der Waals surface area contributed by atoms with Crippen molar-refractivity contribution in [2.75, 3.05) is 19.6 Å². The molecular formula is C15H29N3O2.